The van der Waals surface area contributed by atoms with Crippen LogP contribution in [0.2, 0.25) is 0 Å². The molecule has 0 aliphatic heterocycles. The normalized spacial score (nSPS) is 12.6. The van der Waals surface area contributed by atoms with Gasteiger partial charge in [-0.05, 0) is 38.8 Å². The first-order chi connectivity index (χ1) is 11.2. The number of hydrogen-bond acceptors (Lipinski definition) is 4. The summed E-state index contributed by atoms with van der Waals surface area (Å²) in [6.45, 7) is 10.3. The van der Waals surface area contributed by atoms with Crippen molar-refractivity contribution in [2.75, 3.05) is 32.8 Å². The fourth-order valence-corrected chi connectivity index (χ4v) is 2.65. The van der Waals surface area contributed by atoms with Gasteiger partial charge in [0, 0.05) is 13.2 Å². The molecule has 0 aromatic heterocycles. The lowest BCUT2D eigenvalue weighted by Gasteiger charge is -2.19. The van der Waals surface area contributed by atoms with Crippen molar-refractivity contribution >= 4 is 5.97 Å². The topological polar surface area (TPSA) is 49.8 Å². The zero-order valence-electron chi connectivity index (χ0n) is 15.7. The highest BCUT2D eigenvalue weighted by Crippen LogP contribution is 2.11. The van der Waals surface area contributed by atoms with Crippen LogP contribution in [-0.4, -0.2) is 48.8 Å². The Hall–Kier alpha value is -0.610. The molecule has 0 spiro atoms. The second kappa shape index (κ2) is 16.3. The SMILES string of the molecule is CCCCCC(C)C(=O)OCCCCCCN(CC)CCCO. The summed E-state index contributed by atoms with van der Waals surface area (Å²) in [5, 5.41) is 8.86. The van der Waals surface area contributed by atoms with Gasteiger partial charge < -0.3 is 14.7 Å². The number of ether oxygens (including phenoxy) is 1. The van der Waals surface area contributed by atoms with Gasteiger partial charge in [-0.1, -0.05) is 52.9 Å². The van der Waals surface area contributed by atoms with Crippen molar-refractivity contribution in [3.05, 3.63) is 0 Å². The van der Waals surface area contributed by atoms with Crippen molar-refractivity contribution < 1.29 is 14.6 Å². The first-order valence-electron chi connectivity index (χ1n) is 9.65. The van der Waals surface area contributed by atoms with E-state index in [-0.39, 0.29) is 18.5 Å². The number of hydrogen-bond donors (Lipinski definition) is 1. The van der Waals surface area contributed by atoms with Crippen molar-refractivity contribution in [1.29, 1.82) is 0 Å². The Balaban J connectivity index is 3.48. The molecule has 0 rings (SSSR count). The molecule has 0 aliphatic carbocycles. The Kier molecular flexibility index (Phi) is 15.8. The Morgan fingerprint density at radius 1 is 1.00 bits per heavy atom. The number of carbonyl (C=O) groups is 1. The van der Waals surface area contributed by atoms with E-state index in [1.165, 1.54) is 25.7 Å². The quantitative estimate of drug-likeness (QED) is 0.343. The summed E-state index contributed by atoms with van der Waals surface area (Å²) in [7, 11) is 0. The molecule has 23 heavy (non-hydrogen) atoms. The maximum absolute atomic E-state index is 11.8. The van der Waals surface area contributed by atoms with Crippen LogP contribution < -0.4 is 0 Å². The number of carbonyl (C=O) groups excluding carboxylic acids is 1. The minimum Gasteiger partial charge on any atom is -0.465 e. The van der Waals surface area contributed by atoms with Gasteiger partial charge in [-0.25, -0.2) is 0 Å². The number of aliphatic hydroxyl groups is 1. The van der Waals surface area contributed by atoms with Crippen LogP contribution in [-0.2, 0) is 9.53 Å². The van der Waals surface area contributed by atoms with Gasteiger partial charge in [0.1, 0.15) is 0 Å². The van der Waals surface area contributed by atoms with E-state index in [1.807, 2.05) is 6.92 Å². The van der Waals surface area contributed by atoms with Crippen LogP contribution in [0.5, 0.6) is 0 Å². The van der Waals surface area contributed by atoms with E-state index in [0.29, 0.717) is 6.61 Å². The summed E-state index contributed by atoms with van der Waals surface area (Å²) in [6.07, 6.45) is 9.78. The van der Waals surface area contributed by atoms with Gasteiger partial charge in [0.25, 0.3) is 0 Å². The monoisotopic (exact) mass is 329 g/mol. The fourth-order valence-electron chi connectivity index (χ4n) is 2.65. The van der Waals surface area contributed by atoms with Gasteiger partial charge in [0.15, 0.2) is 0 Å². The Morgan fingerprint density at radius 2 is 1.70 bits per heavy atom. The summed E-state index contributed by atoms with van der Waals surface area (Å²) in [4.78, 5) is 14.2. The van der Waals surface area contributed by atoms with Crippen LogP contribution in [0.15, 0.2) is 0 Å². The molecule has 1 N–H and O–H groups in total. The number of unbranched alkanes of at least 4 members (excludes halogenated alkanes) is 5. The zero-order valence-corrected chi connectivity index (χ0v) is 15.7. The summed E-state index contributed by atoms with van der Waals surface area (Å²) in [6, 6.07) is 0. The highest BCUT2D eigenvalue weighted by molar-refractivity contribution is 5.71. The number of rotatable bonds is 16. The predicted molar refractivity (Wildman–Crippen MR) is 96.5 cm³/mol. The second-order valence-corrected chi connectivity index (χ2v) is 6.49. The van der Waals surface area contributed by atoms with Gasteiger partial charge in [0.2, 0.25) is 0 Å². The van der Waals surface area contributed by atoms with E-state index in [1.54, 1.807) is 0 Å². The minimum absolute atomic E-state index is 0.0257. The number of nitrogens with zero attached hydrogens (tertiary/aromatic N) is 1. The highest BCUT2D eigenvalue weighted by atomic mass is 16.5. The minimum atomic E-state index is -0.0257. The van der Waals surface area contributed by atoms with Crippen LogP contribution in [0.4, 0.5) is 0 Å². The molecule has 1 atom stereocenters. The van der Waals surface area contributed by atoms with E-state index in [9.17, 15) is 4.79 Å². The standard InChI is InChI=1S/C19H39NO3/c1-4-6-9-13-18(3)19(22)23-17-11-8-7-10-14-20(5-2)15-12-16-21/h18,21H,4-17H2,1-3H3. The molecular formula is C19H39NO3. The Morgan fingerprint density at radius 3 is 2.35 bits per heavy atom. The number of aliphatic hydroxyl groups excluding tert-OH is 1. The maximum Gasteiger partial charge on any atom is 0.308 e. The van der Waals surface area contributed by atoms with E-state index >= 15 is 0 Å². The third-order valence-electron chi connectivity index (χ3n) is 4.34. The summed E-state index contributed by atoms with van der Waals surface area (Å²) in [5.74, 6) is 0.0217. The average Bonchev–Trinajstić information content (AvgIpc) is 2.56. The van der Waals surface area contributed by atoms with Gasteiger partial charge >= 0.3 is 5.97 Å². The third-order valence-corrected chi connectivity index (χ3v) is 4.34. The number of esters is 1. The van der Waals surface area contributed by atoms with Crippen LogP contribution in [0.25, 0.3) is 0 Å². The molecule has 0 saturated heterocycles. The van der Waals surface area contributed by atoms with Crippen molar-refractivity contribution in [3.8, 4) is 0 Å². The molecule has 0 saturated carbocycles. The zero-order chi connectivity index (χ0) is 17.3. The van der Waals surface area contributed by atoms with Gasteiger partial charge in [-0.3, -0.25) is 4.79 Å². The molecule has 4 heteroatoms. The van der Waals surface area contributed by atoms with Crippen molar-refractivity contribution in [1.82, 2.24) is 4.90 Å². The second-order valence-electron chi connectivity index (χ2n) is 6.49. The molecule has 0 radical (unpaired) electrons. The lowest BCUT2D eigenvalue weighted by atomic mass is 10.0. The maximum atomic E-state index is 11.8. The molecule has 0 fully saturated rings. The molecule has 0 aromatic rings. The van der Waals surface area contributed by atoms with Crippen LogP contribution >= 0.6 is 0 Å². The molecule has 0 amide bonds. The molecule has 0 aliphatic rings. The van der Waals surface area contributed by atoms with Crippen molar-refractivity contribution in [2.24, 2.45) is 5.92 Å². The predicted octanol–water partition coefficient (Wildman–Crippen LogP) is 4.01. The first-order valence-corrected chi connectivity index (χ1v) is 9.65. The molecule has 1 unspecified atom stereocenters. The fraction of sp³-hybridized carbons (Fsp3) is 0.947. The van der Waals surface area contributed by atoms with Crippen molar-refractivity contribution in [3.63, 3.8) is 0 Å². The molecule has 0 bridgehead atoms. The largest absolute Gasteiger partial charge is 0.465 e. The van der Waals surface area contributed by atoms with Gasteiger partial charge in [-0.2, -0.15) is 0 Å². The van der Waals surface area contributed by atoms with E-state index in [0.717, 1.165) is 51.7 Å². The molecule has 0 aromatic carbocycles. The Labute approximate surface area is 143 Å². The average molecular weight is 330 g/mol. The first kappa shape index (κ1) is 22.4. The summed E-state index contributed by atoms with van der Waals surface area (Å²) >= 11 is 0. The van der Waals surface area contributed by atoms with Crippen LogP contribution in [0, 0.1) is 5.92 Å². The van der Waals surface area contributed by atoms with Gasteiger partial charge in [0.05, 0.1) is 12.5 Å². The summed E-state index contributed by atoms with van der Waals surface area (Å²) < 4.78 is 5.36. The van der Waals surface area contributed by atoms with Gasteiger partial charge in [-0.15, -0.1) is 0 Å². The van der Waals surface area contributed by atoms with Crippen LogP contribution in [0.1, 0.15) is 78.6 Å². The summed E-state index contributed by atoms with van der Waals surface area (Å²) in [5.41, 5.74) is 0. The molecule has 0 heterocycles. The molecular weight excluding hydrogens is 290 g/mol. The van der Waals surface area contributed by atoms with E-state index in [2.05, 4.69) is 18.7 Å². The third kappa shape index (κ3) is 13.5. The van der Waals surface area contributed by atoms with Crippen LogP contribution in [0.3, 0.4) is 0 Å². The highest BCUT2D eigenvalue weighted by Gasteiger charge is 2.13. The molecule has 4 nitrogen and oxygen atoms in total. The lowest BCUT2D eigenvalue weighted by molar-refractivity contribution is -0.148. The molecule has 138 valence electrons. The smallest absolute Gasteiger partial charge is 0.308 e. The van der Waals surface area contributed by atoms with E-state index in [4.69, 9.17) is 9.84 Å². The van der Waals surface area contributed by atoms with E-state index < -0.39 is 0 Å². The lowest BCUT2D eigenvalue weighted by Crippen LogP contribution is -2.26. The Bertz CT molecular complexity index is 271. The van der Waals surface area contributed by atoms with Crippen molar-refractivity contribution in [2.45, 2.75) is 78.6 Å².